The zero-order chi connectivity index (χ0) is 15.2. The third-order valence-corrected chi connectivity index (χ3v) is 4.08. The number of hydrogen-bond donors (Lipinski definition) is 4. The minimum Gasteiger partial charge on any atom is -0.388 e. The first kappa shape index (κ1) is 14.4. The number of rotatable bonds is 1. The van der Waals surface area contributed by atoms with E-state index in [0.29, 0.717) is 5.56 Å². The largest absolute Gasteiger partial charge is 0.388 e. The van der Waals surface area contributed by atoms with E-state index in [-0.39, 0.29) is 0 Å². The Hall–Kier alpha value is -1.50. The van der Waals surface area contributed by atoms with Crippen molar-refractivity contribution in [2.45, 2.75) is 37.1 Å². The van der Waals surface area contributed by atoms with Crippen molar-refractivity contribution in [3.63, 3.8) is 0 Å². The first-order valence-corrected chi connectivity index (χ1v) is 6.87. The van der Waals surface area contributed by atoms with Crippen molar-refractivity contribution in [3.05, 3.63) is 48.0 Å². The normalized spacial score (nSPS) is 36.8. The molecular formula is C16H18O5. The van der Waals surface area contributed by atoms with E-state index in [4.69, 9.17) is 4.74 Å². The Kier molecular flexibility index (Phi) is 3.47. The van der Waals surface area contributed by atoms with E-state index >= 15 is 0 Å². The lowest BCUT2D eigenvalue weighted by Crippen LogP contribution is -2.62. The Bertz CT molecular complexity index is 658. The quantitative estimate of drug-likeness (QED) is 0.613. The van der Waals surface area contributed by atoms with E-state index < -0.39 is 30.2 Å². The van der Waals surface area contributed by atoms with Crippen LogP contribution in [0.15, 0.2) is 42.5 Å². The maximum Gasteiger partial charge on any atom is 0.222 e. The molecule has 1 heterocycles. The van der Waals surface area contributed by atoms with Gasteiger partial charge in [0.2, 0.25) is 5.79 Å². The number of aliphatic hydroxyl groups is 4. The van der Waals surface area contributed by atoms with E-state index in [1.165, 1.54) is 6.92 Å². The molecule has 0 bridgehead atoms. The highest BCUT2D eigenvalue weighted by Crippen LogP contribution is 2.37. The summed E-state index contributed by atoms with van der Waals surface area (Å²) in [7, 11) is 0. The second-order valence-electron chi connectivity index (χ2n) is 5.51. The maximum absolute atomic E-state index is 10.7. The topological polar surface area (TPSA) is 90.2 Å². The Morgan fingerprint density at radius 2 is 1.62 bits per heavy atom. The fourth-order valence-electron chi connectivity index (χ4n) is 2.77. The van der Waals surface area contributed by atoms with Gasteiger partial charge in [-0.1, -0.05) is 36.4 Å². The zero-order valence-electron chi connectivity index (χ0n) is 11.5. The fraction of sp³-hybridized carbons (Fsp3) is 0.375. The van der Waals surface area contributed by atoms with Crippen LogP contribution in [0.4, 0.5) is 0 Å². The highest BCUT2D eigenvalue weighted by atomic mass is 16.7. The Labute approximate surface area is 122 Å². The van der Waals surface area contributed by atoms with Gasteiger partial charge in [-0.05, 0) is 23.8 Å². The molecule has 2 aromatic carbocycles. The van der Waals surface area contributed by atoms with Crippen molar-refractivity contribution in [3.8, 4) is 0 Å². The molecule has 0 amide bonds. The summed E-state index contributed by atoms with van der Waals surface area (Å²) in [5.41, 5.74) is 0.339. The molecule has 0 spiro atoms. The summed E-state index contributed by atoms with van der Waals surface area (Å²) in [4.78, 5) is 0. The van der Waals surface area contributed by atoms with Crippen molar-refractivity contribution >= 4 is 10.8 Å². The van der Waals surface area contributed by atoms with Crippen molar-refractivity contribution in [2.75, 3.05) is 0 Å². The molecule has 0 saturated carbocycles. The minimum atomic E-state index is -2.05. The Balaban J connectivity index is 2.07. The van der Waals surface area contributed by atoms with Crippen LogP contribution in [0.25, 0.3) is 10.8 Å². The van der Waals surface area contributed by atoms with Gasteiger partial charge in [-0.2, -0.15) is 0 Å². The zero-order valence-corrected chi connectivity index (χ0v) is 11.5. The van der Waals surface area contributed by atoms with Crippen molar-refractivity contribution in [1.82, 2.24) is 0 Å². The molecule has 4 N–H and O–H groups in total. The van der Waals surface area contributed by atoms with E-state index in [1.54, 1.807) is 18.2 Å². The number of aliphatic hydroxyl groups excluding tert-OH is 3. The summed E-state index contributed by atoms with van der Waals surface area (Å²) in [6, 6.07) is 12.7. The molecule has 21 heavy (non-hydrogen) atoms. The van der Waals surface area contributed by atoms with Gasteiger partial charge in [-0.15, -0.1) is 0 Å². The summed E-state index contributed by atoms with van der Waals surface area (Å²) in [5, 5.41) is 42.3. The first-order valence-electron chi connectivity index (χ1n) is 6.87. The van der Waals surface area contributed by atoms with Gasteiger partial charge in [0, 0.05) is 5.56 Å². The molecule has 0 unspecified atom stereocenters. The highest BCUT2D eigenvalue weighted by Gasteiger charge is 2.52. The fourth-order valence-corrected chi connectivity index (χ4v) is 2.77. The molecule has 5 heteroatoms. The number of fused-ring (bicyclic) bond motifs is 1. The first-order chi connectivity index (χ1) is 9.93. The van der Waals surface area contributed by atoms with E-state index in [1.807, 2.05) is 24.3 Å². The average Bonchev–Trinajstić information content (AvgIpc) is 2.50. The van der Waals surface area contributed by atoms with Crippen molar-refractivity contribution in [2.24, 2.45) is 0 Å². The van der Waals surface area contributed by atoms with Crippen molar-refractivity contribution < 1.29 is 25.2 Å². The van der Waals surface area contributed by atoms with Gasteiger partial charge in [0.15, 0.2) is 0 Å². The molecule has 1 saturated heterocycles. The van der Waals surface area contributed by atoms with Crippen LogP contribution in [0.1, 0.15) is 12.5 Å². The Morgan fingerprint density at radius 3 is 2.33 bits per heavy atom. The van der Waals surface area contributed by atoms with Crippen LogP contribution >= 0.6 is 0 Å². The molecule has 0 radical (unpaired) electrons. The lowest BCUT2D eigenvalue weighted by Gasteiger charge is -2.45. The van der Waals surface area contributed by atoms with Gasteiger partial charge in [-0.3, -0.25) is 0 Å². The van der Waals surface area contributed by atoms with Crippen LogP contribution in [0.2, 0.25) is 0 Å². The molecule has 112 valence electrons. The van der Waals surface area contributed by atoms with Crippen LogP contribution < -0.4 is 0 Å². The third-order valence-electron chi connectivity index (χ3n) is 4.08. The van der Waals surface area contributed by atoms with Gasteiger partial charge in [0.1, 0.15) is 18.3 Å². The molecule has 0 aliphatic carbocycles. The summed E-state index contributed by atoms with van der Waals surface area (Å²) in [6.07, 6.45) is -5.17. The monoisotopic (exact) mass is 290 g/mol. The van der Waals surface area contributed by atoms with Crippen molar-refractivity contribution in [1.29, 1.82) is 0 Å². The lowest BCUT2D eigenvalue weighted by atomic mass is 9.88. The molecular weight excluding hydrogens is 272 g/mol. The van der Waals surface area contributed by atoms with Gasteiger partial charge in [0.25, 0.3) is 0 Å². The van der Waals surface area contributed by atoms with Crippen LogP contribution in [-0.4, -0.2) is 44.8 Å². The number of hydrogen-bond acceptors (Lipinski definition) is 5. The van der Waals surface area contributed by atoms with Crippen LogP contribution in [-0.2, 0) is 10.5 Å². The number of benzene rings is 2. The highest BCUT2D eigenvalue weighted by molar-refractivity contribution is 5.83. The summed E-state index contributed by atoms with van der Waals surface area (Å²) < 4.78 is 5.40. The second-order valence-corrected chi connectivity index (χ2v) is 5.51. The van der Waals surface area contributed by atoms with Crippen LogP contribution in [0, 0.1) is 0 Å². The smallest absolute Gasteiger partial charge is 0.222 e. The SMILES string of the molecule is C[C@@H]1O[C@](O)(c2ccc3ccccc3c2)[C@@H](O)[C@H](O)[C@@H]1O. The maximum atomic E-state index is 10.7. The molecule has 5 atom stereocenters. The predicted molar refractivity (Wildman–Crippen MR) is 76.4 cm³/mol. The van der Waals surface area contributed by atoms with Crippen LogP contribution in [0.5, 0.6) is 0 Å². The van der Waals surface area contributed by atoms with Gasteiger partial charge >= 0.3 is 0 Å². The summed E-state index contributed by atoms with van der Waals surface area (Å²) in [5.74, 6) is -2.05. The predicted octanol–water partition coefficient (Wildman–Crippen LogP) is 0.486. The molecule has 1 aliphatic heterocycles. The molecule has 1 aliphatic rings. The molecule has 5 nitrogen and oxygen atoms in total. The molecule has 3 rings (SSSR count). The molecule has 0 aromatic heterocycles. The van der Waals surface area contributed by atoms with E-state index in [9.17, 15) is 20.4 Å². The second kappa shape index (κ2) is 5.05. The molecule has 1 fully saturated rings. The number of ether oxygens (including phenoxy) is 1. The van der Waals surface area contributed by atoms with Gasteiger partial charge < -0.3 is 25.2 Å². The lowest BCUT2D eigenvalue weighted by molar-refractivity contribution is -0.351. The minimum absolute atomic E-state index is 0.339. The van der Waals surface area contributed by atoms with E-state index in [0.717, 1.165) is 10.8 Å². The standard InChI is InChI=1S/C16H18O5/c1-9-13(17)14(18)15(19)16(20,21-9)12-7-6-10-4-2-3-5-11(10)8-12/h2-9,13-15,17-20H,1H3/t9-,13+,14+,15-,16+/m0/s1. The van der Waals surface area contributed by atoms with Gasteiger partial charge in [0.05, 0.1) is 6.10 Å². The van der Waals surface area contributed by atoms with E-state index in [2.05, 4.69) is 0 Å². The van der Waals surface area contributed by atoms with Crippen LogP contribution in [0.3, 0.4) is 0 Å². The average molecular weight is 290 g/mol. The van der Waals surface area contributed by atoms with Gasteiger partial charge in [-0.25, -0.2) is 0 Å². The Morgan fingerprint density at radius 1 is 0.952 bits per heavy atom. The summed E-state index contributed by atoms with van der Waals surface area (Å²) >= 11 is 0. The molecule has 2 aromatic rings. The third kappa shape index (κ3) is 2.23. The summed E-state index contributed by atoms with van der Waals surface area (Å²) in [6.45, 7) is 1.53.